The van der Waals surface area contributed by atoms with Gasteiger partial charge in [-0.15, -0.1) is 10.2 Å². The van der Waals surface area contributed by atoms with Gasteiger partial charge in [-0.1, -0.05) is 24.3 Å². The Bertz CT molecular complexity index is 774. The molecule has 1 atom stereocenters. The molecule has 7 nitrogen and oxygen atoms in total. The first-order valence-electron chi connectivity index (χ1n) is 9.58. The Morgan fingerprint density at radius 1 is 1.19 bits per heavy atom. The van der Waals surface area contributed by atoms with Crippen molar-refractivity contribution in [2.24, 2.45) is 0 Å². The minimum atomic E-state index is -0.0530. The Labute approximate surface area is 159 Å². The molecule has 7 heteroatoms. The highest BCUT2D eigenvalue weighted by molar-refractivity contribution is 5.92. The first-order valence-corrected chi connectivity index (χ1v) is 9.58. The lowest BCUT2D eigenvalue weighted by molar-refractivity contribution is 0.0389. The summed E-state index contributed by atoms with van der Waals surface area (Å²) in [5.74, 6) is 0.624. The van der Waals surface area contributed by atoms with Crippen LogP contribution in [0.4, 0.5) is 5.82 Å². The van der Waals surface area contributed by atoms with E-state index in [1.165, 1.54) is 11.1 Å². The Morgan fingerprint density at radius 3 is 2.85 bits per heavy atom. The second kappa shape index (κ2) is 8.45. The Balaban J connectivity index is 1.30. The summed E-state index contributed by atoms with van der Waals surface area (Å²) in [6.45, 7) is 4.58. The monoisotopic (exact) mass is 367 g/mol. The van der Waals surface area contributed by atoms with Crippen LogP contribution in [0.3, 0.4) is 0 Å². The molecule has 2 aromatic rings. The largest absolute Gasteiger partial charge is 0.373 e. The van der Waals surface area contributed by atoms with Crippen LogP contribution in [0.2, 0.25) is 0 Å². The van der Waals surface area contributed by atoms with Gasteiger partial charge in [0.15, 0.2) is 5.69 Å². The minimum absolute atomic E-state index is 0.0530. The van der Waals surface area contributed by atoms with Gasteiger partial charge in [0, 0.05) is 32.7 Å². The van der Waals surface area contributed by atoms with Crippen LogP contribution in [0.1, 0.15) is 34.1 Å². The number of rotatable bonds is 5. The van der Waals surface area contributed by atoms with Crippen molar-refractivity contribution in [2.75, 3.05) is 44.6 Å². The normalized spacial score (nSPS) is 19.4. The maximum Gasteiger partial charge on any atom is 0.274 e. The maximum absolute atomic E-state index is 12.4. The molecular formula is C20H25N5O2. The third-order valence-electron chi connectivity index (χ3n) is 5.09. The molecule has 0 aliphatic carbocycles. The van der Waals surface area contributed by atoms with E-state index in [4.69, 9.17) is 4.74 Å². The van der Waals surface area contributed by atoms with Crippen LogP contribution in [-0.4, -0.2) is 60.3 Å². The zero-order valence-corrected chi connectivity index (χ0v) is 15.4. The Hall–Kier alpha value is -2.51. The number of nitrogens with one attached hydrogen (secondary N) is 2. The van der Waals surface area contributed by atoms with Crippen LogP contribution in [0.15, 0.2) is 36.4 Å². The summed E-state index contributed by atoms with van der Waals surface area (Å²) in [5, 5.41) is 14.8. The molecule has 1 aromatic heterocycles. The van der Waals surface area contributed by atoms with Crippen LogP contribution >= 0.6 is 0 Å². The molecule has 4 rings (SSSR count). The molecule has 2 N–H and O–H groups in total. The van der Waals surface area contributed by atoms with E-state index < -0.39 is 0 Å². The Kier molecular flexibility index (Phi) is 5.60. The summed E-state index contributed by atoms with van der Waals surface area (Å²) in [6.07, 6.45) is 1.96. The van der Waals surface area contributed by atoms with Gasteiger partial charge < -0.3 is 20.3 Å². The molecule has 1 unspecified atom stereocenters. The van der Waals surface area contributed by atoms with Gasteiger partial charge in [-0.3, -0.25) is 4.79 Å². The zero-order chi connectivity index (χ0) is 18.5. The molecule has 1 fully saturated rings. The fourth-order valence-electron chi connectivity index (χ4n) is 3.62. The fourth-order valence-corrected chi connectivity index (χ4v) is 3.62. The smallest absolute Gasteiger partial charge is 0.274 e. The predicted octanol–water partition coefficient (Wildman–Crippen LogP) is 1.64. The van der Waals surface area contributed by atoms with E-state index in [0.717, 1.165) is 39.1 Å². The minimum Gasteiger partial charge on any atom is -0.373 e. The second-order valence-electron chi connectivity index (χ2n) is 6.87. The Morgan fingerprint density at radius 2 is 2.04 bits per heavy atom. The lowest BCUT2D eigenvalue weighted by atomic mass is 9.96. The average molecular weight is 367 g/mol. The van der Waals surface area contributed by atoms with Crippen molar-refractivity contribution < 1.29 is 9.53 Å². The van der Waals surface area contributed by atoms with Gasteiger partial charge in [0.25, 0.3) is 5.91 Å². The molecule has 27 heavy (non-hydrogen) atoms. The van der Waals surface area contributed by atoms with Crippen molar-refractivity contribution in [1.29, 1.82) is 0 Å². The SMILES string of the molecule is O=C(c1ccc(NCCC2OCCc3ccccc32)nn1)N1CCNCC1. The lowest BCUT2D eigenvalue weighted by Gasteiger charge is -2.27. The standard InChI is InChI=1S/C20H25N5O2/c26-20(25-12-10-21-11-13-25)17-5-6-19(24-23-17)22-9-7-18-16-4-2-1-3-15(16)8-14-27-18/h1-6,18,21H,7-14H2,(H,22,24). The molecule has 1 saturated heterocycles. The molecule has 0 spiro atoms. The van der Waals surface area contributed by atoms with Crippen molar-refractivity contribution in [1.82, 2.24) is 20.4 Å². The van der Waals surface area contributed by atoms with E-state index in [0.29, 0.717) is 24.6 Å². The summed E-state index contributed by atoms with van der Waals surface area (Å²) >= 11 is 0. The van der Waals surface area contributed by atoms with Crippen LogP contribution in [0, 0.1) is 0 Å². The number of nitrogens with zero attached hydrogens (tertiary/aromatic N) is 3. The highest BCUT2D eigenvalue weighted by Crippen LogP contribution is 2.29. The lowest BCUT2D eigenvalue weighted by Crippen LogP contribution is -2.46. The van der Waals surface area contributed by atoms with E-state index in [-0.39, 0.29) is 12.0 Å². The number of carbonyl (C=O) groups is 1. The number of aromatic nitrogens is 2. The van der Waals surface area contributed by atoms with Crippen molar-refractivity contribution in [3.05, 3.63) is 53.2 Å². The van der Waals surface area contributed by atoms with Crippen LogP contribution in [0.5, 0.6) is 0 Å². The molecule has 0 saturated carbocycles. The number of amides is 1. The average Bonchev–Trinajstić information content (AvgIpc) is 2.74. The zero-order valence-electron chi connectivity index (χ0n) is 15.4. The van der Waals surface area contributed by atoms with Crippen molar-refractivity contribution in [3.8, 4) is 0 Å². The molecule has 142 valence electrons. The van der Waals surface area contributed by atoms with Crippen molar-refractivity contribution >= 4 is 11.7 Å². The summed E-state index contributed by atoms with van der Waals surface area (Å²) in [7, 11) is 0. The molecule has 2 aliphatic rings. The number of benzene rings is 1. The third kappa shape index (κ3) is 4.26. The summed E-state index contributed by atoms with van der Waals surface area (Å²) in [6, 6.07) is 12.0. The first kappa shape index (κ1) is 17.9. The predicted molar refractivity (Wildman–Crippen MR) is 103 cm³/mol. The molecule has 1 amide bonds. The molecule has 0 radical (unpaired) electrons. The fraction of sp³-hybridized carbons (Fsp3) is 0.450. The van der Waals surface area contributed by atoms with Gasteiger partial charge in [0.05, 0.1) is 12.7 Å². The summed E-state index contributed by atoms with van der Waals surface area (Å²) in [4.78, 5) is 14.2. The number of carbonyl (C=O) groups excluding carboxylic acids is 1. The van der Waals surface area contributed by atoms with E-state index in [1.807, 2.05) is 11.0 Å². The number of ether oxygens (including phenoxy) is 1. The first-order chi connectivity index (χ1) is 13.3. The van der Waals surface area contributed by atoms with Gasteiger partial charge in [-0.2, -0.15) is 0 Å². The number of fused-ring (bicyclic) bond motifs is 1. The van der Waals surface area contributed by atoms with Crippen LogP contribution < -0.4 is 10.6 Å². The molecular weight excluding hydrogens is 342 g/mol. The topological polar surface area (TPSA) is 79.4 Å². The molecule has 0 bridgehead atoms. The number of hydrogen-bond donors (Lipinski definition) is 2. The number of anilines is 1. The quantitative estimate of drug-likeness (QED) is 0.836. The number of piperazine rings is 1. The summed E-state index contributed by atoms with van der Waals surface area (Å²) < 4.78 is 5.93. The summed E-state index contributed by atoms with van der Waals surface area (Å²) in [5.41, 5.74) is 3.06. The second-order valence-corrected chi connectivity index (χ2v) is 6.87. The van der Waals surface area contributed by atoms with E-state index in [1.54, 1.807) is 6.07 Å². The highest BCUT2D eigenvalue weighted by Gasteiger charge is 2.21. The van der Waals surface area contributed by atoms with Crippen molar-refractivity contribution in [3.63, 3.8) is 0 Å². The van der Waals surface area contributed by atoms with E-state index in [2.05, 4.69) is 45.1 Å². The molecule has 3 heterocycles. The molecule has 2 aliphatic heterocycles. The van der Waals surface area contributed by atoms with Crippen molar-refractivity contribution in [2.45, 2.75) is 18.9 Å². The van der Waals surface area contributed by atoms with Crippen LogP contribution in [-0.2, 0) is 11.2 Å². The number of hydrogen-bond acceptors (Lipinski definition) is 6. The maximum atomic E-state index is 12.4. The van der Waals surface area contributed by atoms with Gasteiger partial charge >= 0.3 is 0 Å². The van der Waals surface area contributed by atoms with Crippen LogP contribution in [0.25, 0.3) is 0 Å². The molecule has 1 aromatic carbocycles. The third-order valence-corrected chi connectivity index (χ3v) is 5.09. The van der Waals surface area contributed by atoms with Gasteiger partial charge in [0.1, 0.15) is 5.82 Å². The van der Waals surface area contributed by atoms with Gasteiger partial charge in [0.2, 0.25) is 0 Å². The van der Waals surface area contributed by atoms with Gasteiger partial charge in [-0.05, 0) is 36.1 Å². The highest BCUT2D eigenvalue weighted by atomic mass is 16.5. The van der Waals surface area contributed by atoms with E-state index >= 15 is 0 Å². The van der Waals surface area contributed by atoms with Gasteiger partial charge in [-0.25, -0.2) is 0 Å². The van der Waals surface area contributed by atoms with E-state index in [9.17, 15) is 4.79 Å².